The third-order valence-corrected chi connectivity index (χ3v) is 2.42. The molecule has 1 aromatic heterocycles. The number of nitrogens with one attached hydrogen (secondary N) is 1. The van der Waals surface area contributed by atoms with Gasteiger partial charge >= 0.3 is 6.09 Å². The molecule has 1 heterocycles. The first-order valence-corrected chi connectivity index (χ1v) is 6.47. The molecule has 1 rings (SSSR count). The van der Waals surface area contributed by atoms with Gasteiger partial charge in [-0.3, -0.25) is 0 Å². The molecule has 0 saturated heterocycles. The van der Waals surface area contributed by atoms with Gasteiger partial charge < -0.3 is 19.7 Å². The van der Waals surface area contributed by atoms with Crippen LogP contribution in [0, 0.1) is 0 Å². The van der Waals surface area contributed by atoms with E-state index in [-0.39, 0.29) is 6.61 Å². The van der Waals surface area contributed by atoms with Gasteiger partial charge in [-0.05, 0) is 27.7 Å². The molecule has 0 aliphatic rings. The number of alkyl carbamates (subject to hydrolysis) is 1. The number of nitrogens with zero attached hydrogens (tertiary/aromatic N) is 2. The van der Waals surface area contributed by atoms with Gasteiger partial charge in [0.05, 0.1) is 30.9 Å². The van der Waals surface area contributed by atoms with Crippen LogP contribution in [0.1, 0.15) is 39.4 Å². The highest BCUT2D eigenvalue weighted by atomic mass is 16.6. The van der Waals surface area contributed by atoms with Crippen LogP contribution in [0.2, 0.25) is 0 Å². The molecule has 0 aromatic carbocycles. The van der Waals surface area contributed by atoms with Crippen LogP contribution < -0.4 is 5.32 Å². The van der Waals surface area contributed by atoms with Gasteiger partial charge in [0.25, 0.3) is 0 Å². The van der Waals surface area contributed by atoms with E-state index in [1.54, 1.807) is 33.3 Å². The van der Waals surface area contributed by atoms with E-state index in [0.717, 1.165) is 5.57 Å². The van der Waals surface area contributed by atoms with E-state index in [4.69, 9.17) is 4.74 Å². The Kier molecular flexibility index (Phi) is 5.33. The minimum absolute atomic E-state index is 0.235. The highest BCUT2D eigenvalue weighted by Crippen LogP contribution is 2.15. The molecule has 1 aromatic rings. The minimum Gasteiger partial charge on any atom is -0.444 e. The lowest BCUT2D eigenvalue weighted by molar-refractivity contribution is 0.0479. The van der Waals surface area contributed by atoms with E-state index < -0.39 is 17.7 Å². The van der Waals surface area contributed by atoms with Crippen molar-refractivity contribution in [3.8, 4) is 0 Å². The molecule has 6 nitrogen and oxygen atoms in total. The molecule has 2 N–H and O–H groups in total. The van der Waals surface area contributed by atoms with Crippen LogP contribution in [-0.2, 0) is 11.3 Å². The number of rotatable bonds is 5. The topological polar surface area (TPSA) is 76.4 Å². The normalized spacial score (nSPS) is 12.8. The summed E-state index contributed by atoms with van der Waals surface area (Å²) in [4.78, 5) is 15.8. The van der Waals surface area contributed by atoms with Crippen LogP contribution in [0.4, 0.5) is 4.79 Å². The average molecular weight is 281 g/mol. The second-order valence-corrected chi connectivity index (χ2v) is 5.78. The summed E-state index contributed by atoms with van der Waals surface area (Å²) in [5, 5.41) is 12.1. The largest absolute Gasteiger partial charge is 0.444 e. The molecular weight excluding hydrogens is 258 g/mol. The van der Waals surface area contributed by atoms with E-state index in [9.17, 15) is 9.90 Å². The highest BCUT2D eigenvalue weighted by Gasteiger charge is 2.22. The molecule has 20 heavy (non-hydrogen) atoms. The van der Waals surface area contributed by atoms with Crippen molar-refractivity contribution < 1.29 is 14.6 Å². The third kappa shape index (κ3) is 5.05. The third-order valence-electron chi connectivity index (χ3n) is 2.42. The maximum Gasteiger partial charge on any atom is 0.408 e. The number of hydrogen-bond donors (Lipinski definition) is 2. The molecule has 0 aliphatic heterocycles. The molecule has 1 unspecified atom stereocenters. The van der Waals surface area contributed by atoms with Crippen molar-refractivity contribution in [3.05, 3.63) is 30.4 Å². The number of amides is 1. The number of aliphatic hydroxyl groups is 1. The van der Waals surface area contributed by atoms with Gasteiger partial charge in [0.1, 0.15) is 5.60 Å². The molecule has 0 spiro atoms. The first-order chi connectivity index (χ1) is 9.23. The summed E-state index contributed by atoms with van der Waals surface area (Å²) in [5.41, 5.74) is 1.08. The highest BCUT2D eigenvalue weighted by molar-refractivity contribution is 5.68. The van der Waals surface area contributed by atoms with E-state index >= 15 is 0 Å². The summed E-state index contributed by atoms with van der Waals surface area (Å²) in [6, 6.07) is -0.563. The smallest absolute Gasteiger partial charge is 0.408 e. The van der Waals surface area contributed by atoms with Gasteiger partial charge in [0.2, 0.25) is 0 Å². The van der Waals surface area contributed by atoms with Crippen LogP contribution in [0.15, 0.2) is 24.7 Å². The second kappa shape index (κ2) is 6.56. The van der Waals surface area contributed by atoms with Crippen molar-refractivity contribution in [1.82, 2.24) is 14.9 Å². The summed E-state index contributed by atoms with van der Waals surface area (Å²) in [7, 11) is 0. The number of carbonyl (C=O) groups is 1. The first kappa shape index (κ1) is 16.2. The second-order valence-electron chi connectivity index (χ2n) is 5.78. The Morgan fingerprint density at radius 2 is 2.25 bits per heavy atom. The van der Waals surface area contributed by atoms with Crippen molar-refractivity contribution in [2.45, 2.75) is 45.9 Å². The molecule has 0 saturated carbocycles. The zero-order valence-corrected chi connectivity index (χ0v) is 12.5. The molecule has 6 heteroatoms. The lowest BCUT2D eigenvalue weighted by atomic mass is 10.2. The first-order valence-electron chi connectivity index (χ1n) is 6.47. The lowest BCUT2D eigenvalue weighted by Crippen LogP contribution is -2.37. The van der Waals surface area contributed by atoms with Crippen LogP contribution in [-0.4, -0.2) is 33.0 Å². The number of allylic oxidation sites excluding steroid dienone is 1. The van der Waals surface area contributed by atoms with E-state index in [1.807, 2.05) is 11.5 Å². The monoisotopic (exact) mass is 281 g/mol. The molecule has 1 amide bonds. The van der Waals surface area contributed by atoms with Gasteiger partial charge in [-0.15, -0.1) is 0 Å². The zero-order valence-electron chi connectivity index (χ0n) is 12.5. The van der Waals surface area contributed by atoms with Crippen molar-refractivity contribution in [1.29, 1.82) is 0 Å². The summed E-state index contributed by atoms with van der Waals surface area (Å²) in [6.45, 7) is 11.4. The molecule has 0 radical (unpaired) electrons. The Morgan fingerprint density at radius 1 is 1.60 bits per heavy atom. The van der Waals surface area contributed by atoms with Crippen molar-refractivity contribution in [3.63, 3.8) is 0 Å². The van der Waals surface area contributed by atoms with Crippen LogP contribution >= 0.6 is 0 Å². The molecule has 112 valence electrons. The number of carbonyl (C=O) groups excluding carboxylic acids is 1. The summed E-state index contributed by atoms with van der Waals surface area (Å²) < 4.78 is 7.01. The standard InChI is InChI=1S/C14H23N3O3/c1-10(2)7-17-9-15-6-12(17)11(8-18)16-13(19)20-14(3,4)5/h6,9,11,18H,1,7-8H2,2-5H3,(H,16,19). The van der Waals surface area contributed by atoms with Gasteiger partial charge in [-0.1, -0.05) is 12.2 Å². The van der Waals surface area contributed by atoms with Gasteiger partial charge in [-0.25, -0.2) is 9.78 Å². The molecule has 1 atom stereocenters. The SMILES string of the molecule is C=C(C)Cn1cncc1C(CO)NC(=O)OC(C)(C)C. The maximum absolute atomic E-state index is 11.8. The Labute approximate surface area is 119 Å². The predicted molar refractivity (Wildman–Crippen MR) is 76.2 cm³/mol. The lowest BCUT2D eigenvalue weighted by Gasteiger charge is -2.23. The molecular formula is C14H23N3O3. The number of aromatic nitrogens is 2. The van der Waals surface area contributed by atoms with Crippen molar-refractivity contribution in [2.75, 3.05) is 6.61 Å². The quantitative estimate of drug-likeness (QED) is 0.810. The van der Waals surface area contributed by atoms with Gasteiger partial charge in [0.15, 0.2) is 0 Å². The van der Waals surface area contributed by atoms with Crippen LogP contribution in [0.5, 0.6) is 0 Å². The average Bonchev–Trinajstić information content (AvgIpc) is 2.70. The summed E-state index contributed by atoms with van der Waals surface area (Å²) in [6.07, 6.45) is 2.68. The van der Waals surface area contributed by atoms with Crippen LogP contribution in [0.25, 0.3) is 0 Å². The number of imidazole rings is 1. The minimum atomic E-state index is -0.581. The Hall–Kier alpha value is -1.82. The Balaban J connectivity index is 2.78. The van der Waals surface area contributed by atoms with E-state index in [1.165, 1.54) is 0 Å². The van der Waals surface area contributed by atoms with Gasteiger partial charge in [0, 0.05) is 6.54 Å². The van der Waals surface area contributed by atoms with Crippen molar-refractivity contribution >= 4 is 6.09 Å². The number of ether oxygens (including phenoxy) is 1. The fourth-order valence-corrected chi connectivity index (χ4v) is 1.71. The van der Waals surface area contributed by atoms with Gasteiger partial charge in [-0.2, -0.15) is 0 Å². The summed E-state index contributed by atoms with van der Waals surface area (Å²) in [5.74, 6) is 0. The molecule has 0 fully saturated rings. The fraction of sp³-hybridized carbons (Fsp3) is 0.571. The van der Waals surface area contributed by atoms with E-state index in [2.05, 4.69) is 16.9 Å². The molecule has 0 aliphatic carbocycles. The van der Waals surface area contributed by atoms with E-state index in [0.29, 0.717) is 12.2 Å². The summed E-state index contributed by atoms with van der Waals surface area (Å²) >= 11 is 0. The van der Waals surface area contributed by atoms with Crippen molar-refractivity contribution in [2.24, 2.45) is 0 Å². The Bertz CT molecular complexity index is 474. The number of hydrogen-bond acceptors (Lipinski definition) is 4. The Morgan fingerprint density at radius 3 is 2.75 bits per heavy atom. The van der Waals surface area contributed by atoms with Crippen LogP contribution in [0.3, 0.4) is 0 Å². The number of aliphatic hydroxyl groups excluding tert-OH is 1. The predicted octanol–water partition coefficient (Wildman–Crippen LogP) is 2.02. The fourth-order valence-electron chi connectivity index (χ4n) is 1.71. The molecule has 0 bridgehead atoms. The maximum atomic E-state index is 11.8. The zero-order chi connectivity index (χ0) is 15.3.